The Labute approximate surface area is 158 Å². The maximum atomic E-state index is 12.7. The average molecular weight is 371 g/mol. The molecule has 1 saturated carbocycles. The number of hydrogen-bond acceptors (Lipinski definition) is 2. The molecule has 0 atom stereocenters. The van der Waals surface area contributed by atoms with Gasteiger partial charge in [-0.2, -0.15) is 0 Å². The van der Waals surface area contributed by atoms with E-state index in [0.717, 1.165) is 18.4 Å². The van der Waals surface area contributed by atoms with Gasteiger partial charge >= 0.3 is 0 Å². The molecule has 0 radical (unpaired) electrons. The van der Waals surface area contributed by atoms with E-state index in [0.29, 0.717) is 23.7 Å². The Morgan fingerprint density at radius 3 is 2.12 bits per heavy atom. The molecule has 4 nitrogen and oxygen atoms in total. The molecule has 0 spiro atoms. The van der Waals surface area contributed by atoms with Crippen LogP contribution in [0.25, 0.3) is 0 Å². The van der Waals surface area contributed by atoms with Gasteiger partial charge in [0, 0.05) is 23.7 Å². The second kappa shape index (κ2) is 7.50. The summed E-state index contributed by atoms with van der Waals surface area (Å²) >= 11 is 5.82. The largest absolute Gasteiger partial charge is 0.354 e. The highest BCUT2D eigenvalue weighted by atomic mass is 35.5. The molecule has 26 heavy (non-hydrogen) atoms. The van der Waals surface area contributed by atoms with Gasteiger partial charge in [-0.15, -0.1) is 0 Å². The van der Waals surface area contributed by atoms with Crippen molar-refractivity contribution in [2.75, 3.05) is 13.1 Å². The summed E-state index contributed by atoms with van der Waals surface area (Å²) < 4.78 is 0. The smallest absolute Gasteiger partial charge is 0.251 e. The molecule has 136 valence electrons. The van der Waals surface area contributed by atoms with E-state index >= 15 is 0 Å². The molecule has 2 aromatic carbocycles. The van der Waals surface area contributed by atoms with Crippen LogP contribution in [-0.2, 0) is 10.2 Å². The van der Waals surface area contributed by atoms with Crippen LogP contribution >= 0.6 is 11.6 Å². The summed E-state index contributed by atoms with van der Waals surface area (Å²) in [4.78, 5) is 24.7. The number of carbonyl (C=O) groups is 2. The number of nitrogens with one attached hydrogen (secondary N) is 2. The molecule has 0 saturated heterocycles. The van der Waals surface area contributed by atoms with Gasteiger partial charge in [-0.1, -0.05) is 40.9 Å². The normalized spacial score (nSPS) is 14.6. The van der Waals surface area contributed by atoms with E-state index in [1.165, 1.54) is 11.1 Å². The van der Waals surface area contributed by atoms with Crippen LogP contribution in [0.3, 0.4) is 0 Å². The van der Waals surface area contributed by atoms with Crippen molar-refractivity contribution in [2.45, 2.75) is 32.1 Å². The predicted octanol–water partition coefficient (Wildman–Crippen LogP) is 3.53. The highest BCUT2D eigenvalue weighted by Gasteiger charge is 2.51. The second-order valence-corrected chi connectivity index (χ2v) is 7.41. The third-order valence-corrected chi connectivity index (χ3v) is 5.01. The van der Waals surface area contributed by atoms with Gasteiger partial charge in [-0.05, 0) is 56.5 Å². The molecule has 0 bridgehead atoms. The molecular weight excluding hydrogens is 348 g/mol. The Hall–Kier alpha value is -2.33. The Balaban J connectivity index is 1.51. The SMILES string of the molecule is Cc1cc(C)cc(C2(C(=O)NCCNC(=O)c3ccc(Cl)cc3)CC2)c1. The van der Waals surface area contributed by atoms with Crippen LogP contribution in [0.2, 0.25) is 5.02 Å². The van der Waals surface area contributed by atoms with Crippen molar-refractivity contribution in [1.82, 2.24) is 10.6 Å². The van der Waals surface area contributed by atoms with Crippen molar-refractivity contribution in [3.63, 3.8) is 0 Å². The molecule has 0 aromatic heterocycles. The van der Waals surface area contributed by atoms with Crippen LogP contribution < -0.4 is 10.6 Å². The van der Waals surface area contributed by atoms with Crippen molar-refractivity contribution in [1.29, 1.82) is 0 Å². The monoisotopic (exact) mass is 370 g/mol. The highest BCUT2D eigenvalue weighted by Crippen LogP contribution is 2.48. The minimum Gasteiger partial charge on any atom is -0.354 e. The summed E-state index contributed by atoms with van der Waals surface area (Å²) in [6.07, 6.45) is 1.75. The Kier molecular flexibility index (Phi) is 5.33. The molecule has 0 heterocycles. The van der Waals surface area contributed by atoms with E-state index in [-0.39, 0.29) is 11.8 Å². The molecule has 5 heteroatoms. The van der Waals surface area contributed by atoms with Crippen LogP contribution in [0.5, 0.6) is 0 Å². The predicted molar refractivity (Wildman–Crippen MR) is 104 cm³/mol. The summed E-state index contributed by atoms with van der Waals surface area (Å²) in [5, 5.41) is 6.36. The van der Waals surface area contributed by atoms with Gasteiger partial charge in [-0.3, -0.25) is 9.59 Å². The van der Waals surface area contributed by atoms with Gasteiger partial charge in [0.05, 0.1) is 5.41 Å². The van der Waals surface area contributed by atoms with Crippen molar-refractivity contribution >= 4 is 23.4 Å². The molecule has 2 aromatic rings. The van der Waals surface area contributed by atoms with Gasteiger partial charge in [0.15, 0.2) is 0 Å². The molecule has 2 N–H and O–H groups in total. The van der Waals surface area contributed by atoms with Gasteiger partial charge in [0.25, 0.3) is 5.91 Å². The summed E-state index contributed by atoms with van der Waals surface area (Å²) in [6, 6.07) is 13.0. The summed E-state index contributed by atoms with van der Waals surface area (Å²) in [7, 11) is 0. The first-order valence-corrected chi connectivity index (χ1v) is 9.19. The Morgan fingerprint density at radius 1 is 0.962 bits per heavy atom. The van der Waals surface area contributed by atoms with E-state index in [1.54, 1.807) is 24.3 Å². The summed E-state index contributed by atoms with van der Waals surface area (Å²) in [5.74, 6) is -0.130. The fourth-order valence-electron chi connectivity index (χ4n) is 3.25. The quantitative estimate of drug-likeness (QED) is 0.764. The minimum atomic E-state index is -0.392. The van der Waals surface area contributed by atoms with Crippen LogP contribution in [-0.4, -0.2) is 24.9 Å². The number of hydrogen-bond donors (Lipinski definition) is 2. The first-order chi connectivity index (χ1) is 12.4. The first-order valence-electron chi connectivity index (χ1n) is 8.81. The highest BCUT2D eigenvalue weighted by molar-refractivity contribution is 6.30. The molecule has 1 fully saturated rings. The lowest BCUT2D eigenvalue weighted by Crippen LogP contribution is -2.39. The molecule has 1 aliphatic carbocycles. The number of halogens is 1. The van der Waals surface area contributed by atoms with E-state index in [1.807, 2.05) is 0 Å². The van der Waals surface area contributed by atoms with Crippen molar-refractivity contribution in [3.8, 4) is 0 Å². The lowest BCUT2D eigenvalue weighted by Gasteiger charge is -2.17. The standard InChI is InChI=1S/C21H23ClN2O2/c1-14-11-15(2)13-17(12-14)21(7-8-21)20(26)24-10-9-23-19(25)16-3-5-18(22)6-4-16/h3-6,11-13H,7-10H2,1-2H3,(H,23,25)(H,24,26). The fourth-order valence-corrected chi connectivity index (χ4v) is 3.37. The van der Waals surface area contributed by atoms with Crippen molar-refractivity contribution in [3.05, 3.63) is 69.7 Å². The zero-order valence-corrected chi connectivity index (χ0v) is 15.8. The fraction of sp³-hybridized carbons (Fsp3) is 0.333. The molecule has 3 rings (SSSR count). The van der Waals surface area contributed by atoms with E-state index in [9.17, 15) is 9.59 Å². The third kappa shape index (κ3) is 4.07. The molecule has 2 amide bonds. The maximum absolute atomic E-state index is 12.7. The number of amides is 2. The first kappa shape index (κ1) is 18.5. The van der Waals surface area contributed by atoms with E-state index in [2.05, 4.69) is 42.7 Å². The van der Waals surface area contributed by atoms with Gasteiger partial charge in [0.1, 0.15) is 0 Å². The molecule has 0 unspecified atom stereocenters. The Morgan fingerprint density at radius 2 is 1.54 bits per heavy atom. The minimum absolute atomic E-state index is 0.0447. The summed E-state index contributed by atoms with van der Waals surface area (Å²) in [6.45, 7) is 4.90. The van der Waals surface area contributed by atoms with E-state index in [4.69, 9.17) is 11.6 Å². The van der Waals surface area contributed by atoms with Gasteiger partial charge < -0.3 is 10.6 Å². The second-order valence-electron chi connectivity index (χ2n) is 6.98. The number of rotatable bonds is 6. The lowest BCUT2D eigenvalue weighted by atomic mass is 9.92. The van der Waals surface area contributed by atoms with Crippen molar-refractivity contribution < 1.29 is 9.59 Å². The zero-order chi connectivity index (χ0) is 18.7. The van der Waals surface area contributed by atoms with E-state index < -0.39 is 5.41 Å². The van der Waals surface area contributed by atoms with Crippen LogP contribution in [0, 0.1) is 13.8 Å². The number of carbonyl (C=O) groups excluding carboxylic acids is 2. The average Bonchev–Trinajstić information content (AvgIpc) is 3.40. The number of aryl methyl sites for hydroxylation is 2. The Bertz CT molecular complexity index is 806. The third-order valence-electron chi connectivity index (χ3n) is 4.76. The lowest BCUT2D eigenvalue weighted by molar-refractivity contribution is -0.123. The van der Waals surface area contributed by atoms with Crippen molar-refractivity contribution in [2.24, 2.45) is 0 Å². The number of benzene rings is 2. The summed E-state index contributed by atoms with van der Waals surface area (Å²) in [5.41, 5.74) is 3.60. The maximum Gasteiger partial charge on any atom is 0.251 e. The van der Waals surface area contributed by atoms with Crippen LogP contribution in [0.15, 0.2) is 42.5 Å². The molecular formula is C21H23ClN2O2. The van der Waals surface area contributed by atoms with Crippen LogP contribution in [0.4, 0.5) is 0 Å². The molecule has 1 aliphatic rings. The zero-order valence-electron chi connectivity index (χ0n) is 15.1. The van der Waals surface area contributed by atoms with Gasteiger partial charge in [0.2, 0.25) is 5.91 Å². The molecule has 0 aliphatic heterocycles. The van der Waals surface area contributed by atoms with Crippen LogP contribution in [0.1, 0.15) is 39.9 Å². The van der Waals surface area contributed by atoms with Gasteiger partial charge in [-0.25, -0.2) is 0 Å². The topological polar surface area (TPSA) is 58.2 Å².